The summed E-state index contributed by atoms with van der Waals surface area (Å²) < 4.78 is 13.7. The van der Waals surface area contributed by atoms with Crippen molar-refractivity contribution in [2.24, 2.45) is 11.7 Å². The molecule has 2 N–H and O–H groups in total. The van der Waals surface area contributed by atoms with E-state index in [1.165, 1.54) is 6.07 Å². The van der Waals surface area contributed by atoms with E-state index in [2.05, 4.69) is 0 Å². The summed E-state index contributed by atoms with van der Waals surface area (Å²) in [5.74, 6) is -0.824. The molecule has 4 nitrogen and oxygen atoms in total. The first kappa shape index (κ1) is 13.7. The van der Waals surface area contributed by atoms with E-state index in [9.17, 15) is 14.0 Å². The van der Waals surface area contributed by atoms with Crippen molar-refractivity contribution in [2.75, 3.05) is 0 Å². The van der Waals surface area contributed by atoms with Crippen LogP contribution in [0.2, 0.25) is 0 Å². The van der Waals surface area contributed by atoms with Crippen molar-refractivity contribution in [3.05, 3.63) is 35.1 Å². The molecule has 0 saturated carbocycles. The zero-order chi connectivity index (χ0) is 14.0. The monoisotopic (exact) mass is 264 g/mol. The van der Waals surface area contributed by atoms with Crippen molar-refractivity contribution in [3.8, 4) is 0 Å². The molecular formula is C14H17FN2O2. The number of nitrogens with two attached hydrogens (primary N) is 1. The van der Waals surface area contributed by atoms with E-state index >= 15 is 0 Å². The number of hydrogen-bond donors (Lipinski definition) is 1. The Labute approximate surface area is 111 Å². The number of nitrogens with zero attached hydrogens (tertiary/aromatic N) is 1. The van der Waals surface area contributed by atoms with Crippen LogP contribution in [-0.4, -0.2) is 16.7 Å². The Morgan fingerprint density at radius 3 is 2.53 bits per heavy atom. The highest BCUT2D eigenvalue weighted by atomic mass is 19.1. The quantitative estimate of drug-likeness (QED) is 0.843. The van der Waals surface area contributed by atoms with Gasteiger partial charge in [0.2, 0.25) is 11.8 Å². The SMILES string of the molecule is CC1CC(=O)N(Cc2cc(CN)ccc2F)C(=O)C1. The van der Waals surface area contributed by atoms with Crippen LogP contribution in [0.25, 0.3) is 0 Å². The van der Waals surface area contributed by atoms with Crippen molar-refractivity contribution in [1.29, 1.82) is 0 Å². The van der Waals surface area contributed by atoms with E-state index in [1.807, 2.05) is 6.92 Å². The van der Waals surface area contributed by atoms with Crippen LogP contribution in [0, 0.1) is 11.7 Å². The van der Waals surface area contributed by atoms with Crippen molar-refractivity contribution >= 4 is 11.8 Å². The summed E-state index contributed by atoms with van der Waals surface area (Å²) in [5.41, 5.74) is 6.62. The maximum atomic E-state index is 13.7. The van der Waals surface area contributed by atoms with Gasteiger partial charge >= 0.3 is 0 Å². The summed E-state index contributed by atoms with van der Waals surface area (Å²) in [5, 5.41) is 0. The van der Waals surface area contributed by atoms with Crippen LogP contribution in [0.4, 0.5) is 4.39 Å². The van der Waals surface area contributed by atoms with Gasteiger partial charge in [0, 0.05) is 24.9 Å². The number of halogens is 1. The van der Waals surface area contributed by atoms with Crippen molar-refractivity contribution in [2.45, 2.75) is 32.9 Å². The van der Waals surface area contributed by atoms with E-state index in [-0.39, 0.29) is 24.3 Å². The largest absolute Gasteiger partial charge is 0.326 e. The molecule has 0 bridgehead atoms. The molecule has 1 aromatic rings. The van der Waals surface area contributed by atoms with E-state index < -0.39 is 5.82 Å². The zero-order valence-corrected chi connectivity index (χ0v) is 10.9. The fourth-order valence-corrected chi connectivity index (χ4v) is 2.25. The molecule has 1 fully saturated rings. The van der Waals surface area contributed by atoms with Gasteiger partial charge in [0.15, 0.2) is 0 Å². The van der Waals surface area contributed by atoms with Crippen molar-refractivity contribution in [1.82, 2.24) is 4.90 Å². The first-order valence-electron chi connectivity index (χ1n) is 6.32. The lowest BCUT2D eigenvalue weighted by Crippen LogP contribution is -2.42. The Bertz CT molecular complexity index is 498. The van der Waals surface area contributed by atoms with Crippen LogP contribution >= 0.6 is 0 Å². The molecule has 5 heteroatoms. The van der Waals surface area contributed by atoms with Gasteiger partial charge in [-0.15, -0.1) is 0 Å². The Balaban J connectivity index is 2.20. The number of carbonyl (C=O) groups is 2. The number of likely N-dealkylation sites (tertiary alicyclic amines) is 1. The summed E-state index contributed by atoms with van der Waals surface area (Å²) in [7, 11) is 0. The van der Waals surface area contributed by atoms with E-state index in [0.29, 0.717) is 24.9 Å². The average molecular weight is 264 g/mol. The Morgan fingerprint density at radius 2 is 1.95 bits per heavy atom. The number of amides is 2. The van der Waals surface area contributed by atoms with Crippen LogP contribution in [0.15, 0.2) is 18.2 Å². The number of imide groups is 1. The van der Waals surface area contributed by atoms with Gasteiger partial charge in [-0.1, -0.05) is 13.0 Å². The third-order valence-electron chi connectivity index (χ3n) is 3.32. The van der Waals surface area contributed by atoms with E-state index in [0.717, 1.165) is 10.5 Å². The molecule has 1 aliphatic heterocycles. The second kappa shape index (κ2) is 5.48. The molecular weight excluding hydrogens is 247 g/mol. The minimum absolute atomic E-state index is 0.00986. The normalized spacial score (nSPS) is 17.1. The second-order valence-electron chi connectivity index (χ2n) is 5.02. The highest BCUT2D eigenvalue weighted by Crippen LogP contribution is 2.22. The number of benzene rings is 1. The van der Waals surface area contributed by atoms with Crippen molar-refractivity contribution < 1.29 is 14.0 Å². The van der Waals surface area contributed by atoms with Crippen molar-refractivity contribution in [3.63, 3.8) is 0 Å². The van der Waals surface area contributed by atoms with Gasteiger partial charge in [0.1, 0.15) is 5.82 Å². The van der Waals surface area contributed by atoms with Crippen LogP contribution in [0.1, 0.15) is 30.9 Å². The number of carbonyl (C=O) groups excluding carboxylic acids is 2. The summed E-state index contributed by atoms with van der Waals surface area (Å²) in [4.78, 5) is 24.8. The smallest absolute Gasteiger partial charge is 0.229 e. The second-order valence-corrected chi connectivity index (χ2v) is 5.02. The topological polar surface area (TPSA) is 63.4 Å². The maximum Gasteiger partial charge on any atom is 0.229 e. The molecule has 1 saturated heterocycles. The fraction of sp³-hybridized carbons (Fsp3) is 0.429. The van der Waals surface area contributed by atoms with Gasteiger partial charge in [0.05, 0.1) is 6.54 Å². The molecule has 19 heavy (non-hydrogen) atoms. The molecule has 2 rings (SSSR count). The standard InChI is InChI=1S/C14H17FN2O2/c1-9-4-13(18)17(14(19)5-9)8-11-6-10(7-16)2-3-12(11)15/h2-3,6,9H,4-5,7-8,16H2,1H3. The van der Waals surface area contributed by atoms with Gasteiger partial charge in [-0.2, -0.15) is 0 Å². The highest BCUT2D eigenvalue weighted by Gasteiger charge is 2.30. The minimum Gasteiger partial charge on any atom is -0.326 e. The van der Waals surface area contributed by atoms with Gasteiger partial charge in [-0.05, 0) is 23.6 Å². The summed E-state index contributed by atoms with van der Waals surface area (Å²) in [6.45, 7) is 2.15. The molecule has 1 aromatic carbocycles. The van der Waals surface area contributed by atoms with E-state index in [4.69, 9.17) is 5.73 Å². The Hall–Kier alpha value is -1.75. The predicted molar refractivity (Wildman–Crippen MR) is 68.2 cm³/mol. The molecule has 0 atom stereocenters. The number of hydrogen-bond acceptors (Lipinski definition) is 3. The minimum atomic E-state index is -0.420. The molecule has 0 radical (unpaired) electrons. The third-order valence-corrected chi connectivity index (χ3v) is 3.32. The first-order chi connectivity index (χ1) is 9.01. The summed E-state index contributed by atoms with van der Waals surface area (Å²) in [6.07, 6.45) is 0.674. The lowest BCUT2D eigenvalue weighted by molar-refractivity contribution is -0.150. The molecule has 0 aliphatic carbocycles. The van der Waals surface area contributed by atoms with Crippen LogP contribution < -0.4 is 5.73 Å². The number of piperidine rings is 1. The van der Waals surface area contributed by atoms with Crippen LogP contribution in [0.3, 0.4) is 0 Å². The van der Waals surface area contributed by atoms with Gasteiger partial charge in [-0.25, -0.2) is 4.39 Å². The fourth-order valence-electron chi connectivity index (χ4n) is 2.25. The predicted octanol–water partition coefficient (Wildman–Crippen LogP) is 1.57. The molecule has 0 spiro atoms. The van der Waals surface area contributed by atoms with Crippen LogP contribution in [-0.2, 0) is 22.7 Å². The molecule has 102 valence electrons. The van der Waals surface area contributed by atoms with Gasteiger partial charge in [0.25, 0.3) is 0 Å². The first-order valence-corrected chi connectivity index (χ1v) is 6.32. The van der Waals surface area contributed by atoms with E-state index in [1.54, 1.807) is 12.1 Å². The lowest BCUT2D eigenvalue weighted by atomic mass is 9.97. The molecule has 1 aliphatic rings. The summed E-state index contributed by atoms with van der Waals surface area (Å²) in [6, 6.07) is 4.52. The molecule has 0 aromatic heterocycles. The zero-order valence-electron chi connectivity index (χ0n) is 10.9. The molecule has 1 heterocycles. The summed E-state index contributed by atoms with van der Waals surface area (Å²) >= 11 is 0. The Kier molecular flexibility index (Phi) is 3.95. The molecule has 2 amide bonds. The van der Waals surface area contributed by atoms with Crippen LogP contribution in [0.5, 0.6) is 0 Å². The lowest BCUT2D eigenvalue weighted by Gasteiger charge is -2.28. The van der Waals surface area contributed by atoms with Gasteiger partial charge < -0.3 is 5.73 Å². The maximum absolute atomic E-state index is 13.7. The Morgan fingerprint density at radius 1 is 1.32 bits per heavy atom. The third kappa shape index (κ3) is 2.98. The van der Waals surface area contributed by atoms with Gasteiger partial charge in [-0.3, -0.25) is 14.5 Å². The number of rotatable bonds is 3. The average Bonchev–Trinajstić information content (AvgIpc) is 2.35. The highest BCUT2D eigenvalue weighted by molar-refractivity contribution is 5.97. The molecule has 0 unspecified atom stereocenters.